The van der Waals surface area contributed by atoms with E-state index in [2.05, 4.69) is 44.3 Å². The molecule has 4 heteroatoms. The monoisotopic (exact) mass is 338 g/mol. The third-order valence-electron chi connectivity index (χ3n) is 4.24. The molecule has 20 heavy (non-hydrogen) atoms. The van der Waals surface area contributed by atoms with Crippen LogP contribution in [0.15, 0.2) is 22.7 Å². The third kappa shape index (κ3) is 3.54. The second-order valence-electron chi connectivity index (χ2n) is 5.89. The molecule has 1 heterocycles. The molecule has 3 rings (SSSR count). The SMILES string of the molecule is COC1CCCN(c2ccc(CNC3CC3)cc2Br)C1. The summed E-state index contributed by atoms with van der Waals surface area (Å²) >= 11 is 3.74. The van der Waals surface area contributed by atoms with Crippen molar-refractivity contribution >= 4 is 21.6 Å². The van der Waals surface area contributed by atoms with E-state index in [4.69, 9.17) is 4.74 Å². The average Bonchev–Trinajstić information content (AvgIpc) is 3.29. The lowest BCUT2D eigenvalue weighted by molar-refractivity contribution is 0.0893. The lowest BCUT2D eigenvalue weighted by Gasteiger charge is -2.34. The summed E-state index contributed by atoms with van der Waals surface area (Å²) in [6.45, 7) is 3.09. The first-order valence-electron chi connectivity index (χ1n) is 7.56. The summed E-state index contributed by atoms with van der Waals surface area (Å²) in [6.07, 6.45) is 5.42. The minimum atomic E-state index is 0.367. The van der Waals surface area contributed by atoms with Crippen molar-refractivity contribution in [2.24, 2.45) is 0 Å². The van der Waals surface area contributed by atoms with Gasteiger partial charge in [-0.15, -0.1) is 0 Å². The van der Waals surface area contributed by atoms with Gasteiger partial charge in [-0.2, -0.15) is 0 Å². The van der Waals surface area contributed by atoms with E-state index in [-0.39, 0.29) is 0 Å². The number of hydrogen-bond acceptors (Lipinski definition) is 3. The predicted octanol–water partition coefficient (Wildman–Crippen LogP) is 3.32. The average molecular weight is 339 g/mol. The molecule has 1 aliphatic heterocycles. The quantitative estimate of drug-likeness (QED) is 0.891. The van der Waals surface area contributed by atoms with Crippen LogP contribution >= 0.6 is 15.9 Å². The predicted molar refractivity (Wildman–Crippen MR) is 86.2 cm³/mol. The molecule has 3 nitrogen and oxygen atoms in total. The Bertz CT molecular complexity index is 462. The van der Waals surface area contributed by atoms with Crippen molar-refractivity contribution in [3.8, 4) is 0 Å². The van der Waals surface area contributed by atoms with Gasteiger partial charge < -0.3 is 15.0 Å². The first-order valence-corrected chi connectivity index (χ1v) is 8.35. The number of benzene rings is 1. The summed E-state index contributed by atoms with van der Waals surface area (Å²) in [4.78, 5) is 2.43. The molecule has 0 radical (unpaired) electrons. The van der Waals surface area contributed by atoms with Crippen LogP contribution in [0.25, 0.3) is 0 Å². The molecule has 1 saturated heterocycles. The Labute approximate surface area is 129 Å². The van der Waals surface area contributed by atoms with Crippen molar-refractivity contribution in [2.45, 2.75) is 44.4 Å². The molecular formula is C16H23BrN2O. The molecule has 1 aromatic rings. The van der Waals surface area contributed by atoms with Gasteiger partial charge in [0.25, 0.3) is 0 Å². The van der Waals surface area contributed by atoms with Crippen LogP contribution in [0.5, 0.6) is 0 Å². The number of anilines is 1. The Hall–Kier alpha value is -0.580. The summed E-state index contributed by atoms with van der Waals surface area (Å²) in [6, 6.07) is 7.50. The molecule has 1 atom stereocenters. The van der Waals surface area contributed by atoms with Crippen molar-refractivity contribution in [1.29, 1.82) is 0 Å². The number of piperidine rings is 1. The van der Waals surface area contributed by atoms with Gasteiger partial charge in [0.05, 0.1) is 11.8 Å². The molecule has 110 valence electrons. The van der Waals surface area contributed by atoms with E-state index in [0.717, 1.165) is 25.7 Å². The molecule has 1 unspecified atom stereocenters. The smallest absolute Gasteiger partial charge is 0.0746 e. The fourth-order valence-corrected chi connectivity index (χ4v) is 3.49. The zero-order chi connectivity index (χ0) is 13.9. The van der Waals surface area contributed by atoms with Crippen molar-refractivity contribution < 1.29 is 4.74 Å². The van der Waals surface area contributed by atoms with Crippen LogP contribution in [0.2, 0.25) is 0 Å². The molecule has 2 fully saturated rings. The van der Waals surface area contributed by atoms with Gasteiger partial charge in [0.1, 0.15) is 0 Å². The summed E-state index contributed by atoms with van der Waals surface area (Å²) in [7, 11) is 1.82. The molecule has 0 bridgehead atoms. The van der Waals surface area contributed by atoms with Gasteiger partial charge in [-0.25, -0.2) is 0 Å². The van der Waals surface area contributed by atoms with Crippen LogP contribution in [0.3, 0.4) is 0 Å². The van der Waals surface area contributed by atoms with Gasteiger partial charge >= 0.3 is 0 Å². The Morgan fingerprint density at radius 3 is 2.90 bits per heavy atom. The van der Waals surface area contributed by atoms with Gasteiger partial charge in [-0.05, 0) is 59.3 Å². The van der Waals surface area contributed by atoms with Gasteiger partial charge in [0.15, 0.2) is 0 Å². The van der Waals surface area contributed by atoms with E-state index >= 15 is 0 Å². The number of ether oxygens (including phenoxy) is 1. The number of rotatable bonds is 5. The first-order chi connectivity index (χ1) is 9.76. The highest BCUT2D eigenvalue weighted by molar-refractivity contribution is 9.10. The Morgan fingerprint density at radius 2 is 2.20 bits per heavy atom. The molecular weight excluding hydrogens is 316 g/mol. The van der Waals surface area contributed by atoms with E-state index < -0.39 is 0 Å². The maximum atomic E-state index is 5.51. The highest BCUT2D eigenvalue weighted by Gasteiger charge is 2.22. The van der Waals surface area contributed by atoms with E-state index in [1.54, 1.807) is 0 Å². The highest BCUT2D eigenvalue weighted by atomic mass is 79.9. The van der Waals surface area contributed by atoms with Crippen LogP contribution in [0.4, 0.5) is 5.69 Å². The number of methoxy groups -OCH3 is 1. The maximum Gasteiger partial charge on any atom is 0.0746 e. The van der Waals surface area contributed by atoms with Crippen LogP contribution in [-0.2, 0) is 11.3 Å². The Morgan fingerprint density at radius 1 is 1.35 bits per heavy atom. The van der Waals surface area contributed by atoms with Gasteiger partial charge in [0.2, 0.25) is 0 Å². The molecule has 2 aliphatic rings. The fraction of sp³-hybridized carbons (Fsp3) is 0.625. The third-order valence-corrected chi connectivity index (χ3v) is 4.87. The standard InChI is InChI=1S/C16H23BrN2O/c1-20-14-3-2-8-19(11-14)16-7-4-12(9-15(16)17)10-18-13-5-6-13/h4,7,9,13-14,18H,2-3,5-6,8,10-11H2,1H3. The summed E-state index contributed by atoms with van der Waals surface area (Å²) < 4.78 is 6.71. The molecule has 0 amide bonds. The molecule has 1 aliphatic carbocycles. The molecule has 0 spiro atoms. The van der Waals surface area contributed by atoms with E-state index in [0.29, 0.717) is 6.10 Å². The van der Waals surface area contributed by atoms with Crippen LogP contribution in [0.1, 0.15) is 31.2 Å². The minimum absolute atomic E-state index is 0.367. The van der Waals surface area contributed by atoms with Crippen molar-refractivity contribution in [2.75, 3.05) is 25.1 Å². The lowest BCUT2D eigenvalue weighted by Crippen LogP contribution is -2.39. The van der Waals surface area contributed by atoms with Crippen molar-refractivity contribution in [3.63, 3.8) is 0 Å². The van der Waals surface area contributed by atoms with Crippen LogP contribution in [0, 0.1) is 0 Å². The second kappa shape index (κ2) is 6.46. The summed E-state index contributed by atoms with van der Waals surface area (Å²) in [5, 5.41) is 3.56. The van der Waals surface area contributed by atoms with Crippen molar-refractivity contribution in [1.82, 2.24) is 5.32 Å². The van der Waals surface area contributed by atoms with E-state index in [9.17, 15) is 0 Å². The second-order valence-corrected chi connectivity index (χ2v) is 6.74. The zero-order valence-electron chi connectivity index (χ0n) is 12.1. The zero-order valence-corrected chi connectivity index (χ0v) is 13.7. The number of nitrogens with one attached hydrogen (secondary N) is 1. The van der Waals surface area contributed by atoms with E-state index in [1.807, 2.05) is 7.11 Å². The number of halogens is 1. The van der Waals surface area contributed by atoms with Gasteiger partial charge in [-0.3, -0.25) is 0 Å². The largest absolute Gasteiger partial charge is 0.380 e. The first kappa shape index (κ1) is 14.4. The normalized spacial score (nSPS) is 23.1. The molecule has 0 aromatic heterocycles. The van der Waals surface area contributed by atoms with Gasteiger partial charge in [0, 0.05) is 37.3 Å². The molecule has 1 aromatic carbocycles. The Balaban J connectivity index is 1.66. The highest BCUT2D eigenvalue weighted by Crippen LogP contribution is 2.30. The molecule has 1 saturated carbocycles. The van der Waals surface area contributed by atoms with Crippen LogP contribution in [-0.4, -0.2) is 32.3 Å². The van der Waals surface area contributed by atoms with Gasteiger partial charge in [-0.1, -0.05) is 6.07 Å². The maximum absolute atomic E-state index is 5.51. The minimum Gasteiger partial charge on any atom is -0.380 e. The summed E-state index contributed by atoms with van der Waals surface area (Å²) in [5.41, 5.74) is 2.65. The summed E-state index contributed by atoms with van der Waals surface area (Å²) in [5.74, 6) is 0. The topological polar surface area (TPSA) is 24.5 Å². The Kier molecular flexibility index (Phi) is 4.64. The fourth-order valence-electron chi connectivity index (χ4n) is 2.82. The number of hydrogen-bond donors (Lipinski definition) is 1. The lowest BCUT2D eigenvalue weighted by atomic mass is 10.1. The van der Waals surface area contributed by atoms with E-state index in [1.165, 1.54) is 41.4 Å². The van der Waals surface area contributed by atoms with Crippen molar-refractivity contribution in [3.05, 3.63) is 28.2 Å². The number of nitrogens with zero attached hydrogens (tertiary/aromatic N) is 1. The molecule has 1 N–H and O–H groups in total. The van der Waals surface area contributed by atoms with Crippen LogP contribution < -0.4 is 10.2 Å².